The Morgan fingerprint density at radius 3 is 2.77 bits per heavy atom. The first-order valence-corrected chi connectivity index (χ1v) is 10.0. The molecule has 1 aromatic heterocycles. The largest absolute Gasteiger partial charge is 0.334 e. The number of hydrogen-bond donors (Lipinski definition) is 1. The van der Waals surface area contributed by atoms with Gasteiger partial charge in [0.1, 0.15) is 0 Å². The van der Waals surface area contributed by atoms with Crippen LogP contribution in [0.2, 0.25) is 0 Å². The van der Waals surface area contributed by atoms with Gasteiger partial charge in [0.05, 0.1) is 18.2 Å². The van der Waals surface area contributed by atoms with Crippen LogP contribution >= 0.6 is 24.2 Å². The molecule has 140 valence electrons. The van der Waals surface area contributed by atoms with Crippen LogP contribution in [-0.4, -0.2) is 51.7 Å². The highest BCUT2D eigenvalue weighted by molar-refractivity contribution is 7.99. The zero-order valence-electron chi connectivity index (χ0n) is 14.9. The van der Waals surface area contributed by atoms with Gasteiger partial charge in [-0.05, 0) is 11.1 Å². The molecule has 0 radical (unpaired) electrons. The van der Waals surface area contributed by atoms with Crippen molar-refractivity contribution in [2.45, 2.75) is 12.0 Å². The minimum absolute atomic E-state index is 0. The highest BCUT2D eigenvalue weighted by Crippen LogP contribution is 2.35. The van der Waals surface area contributed by atoms with Crippen molar-refractivity contribution in [2.24, 2.45) is 13.0 Å². The second kappa shape index (κ2) is 8.46. The molecule has 7 heteroatoms. The maximum Gasteiger partial charge on any atom is 0.228 e. The number of hydrogen-bond acceptors (Lipinski definition) is 4. The number of nitrogens with zero attached hydrogens (tertiary/aromatic N) is 3. The Morgan fingerprint density at radius 1 is 1.23 bits per heavy atom. The number of aromatic nitrogens is 2. The Labute approximate surface area is 164 Å². The van der Waals surface area contributed by atoms with Gasteiger partial charge in [-0.2, -0.15) is 16.9 Å². The minimum atomic E-state index is -0.00138. The molecule has 1 aromatic carbocycles. The number of aryl methyl sites for hydroxylation is 1. The molecular formula is C19H25ClN4OS. The van der Waals surface area contributed by atoms with Gasteiger partial charge in [0.15, 0.2) is 0 Å². The molecule has 2 aliphatic rings. The fourth-order valence-electron chi connectivity index (χ4n) is 3.95. The van der Waals surface area contributed by atoms with Crippen LogP contribution in [0.5, 0.6) is 0 Å². The molecule has 1 unspecified atom stereocenters. The summed E-state index contributed by atoms with van der Waals surface area (Å²) < 4.78 is 1.82. The van der Waals surface area contributed by atoms with Gasteiger partial charge in [0, 0.05) is 50.3 Å². The molecule has 0 saturated carbocycles. The molecule has 2 saturated heterocycles. The fraction of sp³-hybridized carbons (Fsp3) is 0.474. The molecule has 0 aliphatic carbocycles. The second-order valence-corrected chi connectivity index (χ2v) is 8.00. The average molecular weight is 393 g/mol. The summed E-state index contributed by atoms with van der Waals surface area (Å²) in [6.07, 6.45) is 3.94. The third-order valence-electron chi connectivity index (χ3n) is 5.28. The monoisotopic (exact) mass is 392 g/mol. The number of amides is 1. The van der Waals surface area contributed by atoms with Crippen LogP contribution in [-0.2, 0) is 11.8 Å². The maximum atomic E-state index is 13.4. The van der Waals surface area contributed by atoms with Crippen LogP contribution in [0, 0.1) is 5.92 Å². The summed E-state index contributed by atoms with van der Waals surface area (Å²) in [4.78, 5) is 15.5. The second-order valence-electron chi connectivity index (χ2n) is 6.85. The third kappa shape index (κ3) is 3.77. The van der Waals surface area contributed by atoms with E-state index >= 15 is 0 Å². The van der Waals surface area contributed by atoms with Gasteiger partial charge in [-0.25, -0.2) is 0 Å². The van der Waals surface area contributed by atoms with Crippen LogP contribution in [0.4, 0.5) is 0 Å². The summed E-state index contributed by atoms with van der Waals surface area (Å²) in [5.74, 6) is 2.50. The van der Waals surface area contributed by atoms with Gasteiger partial charge in [0.25, 0.3) is 0 Å². The van der Waals surface area contributed by atoms with Gasteiger partial charge in [-0.3, -0.25) is 9.48 Å². The molecule has 26 heavy (non-hydrogen) atoms. The number of rotatable bonds is 3. The first kappa shape index (κ1) is 19.3. The van der Waals surface area contributed by atoms with Crippen LogP contribution in [0.25, 0.3) is 0 Å². The van der Waals surface area contributed by atoms with Crippen molar-refractivity contribution in [1.29, 1.82) is 0 Å². The van der Waals surface area contributed by atoms with Crippen molar-refractivity contribution in [2.75, 3.05) is 31.1 Å². The van der Waals surface area contributed by atoms with E-state index in [-0.39, 0.29) is 36.2 Å². The summed E-state index contributed by atoms with van der Waals surface area (Å²) in [6, 6.07) is 10.6. The number of benzene rings is 1. The Balaban J connectivity index is 0.00000196. The van der Waals surface area contributed by atoms with Crippen LogP contribution in [0.15, 0.2) is 42.7 Å². The van der Waals surface area contributed by atoms with Crippen molar-refractivity contribution >= 4 is 30.1 Å². The summed E-state index contributed by atoms with van der Waals surface area (Å²) in [5, 5.41) is 7.71. The normalized spacial score (nSPS) is 25.7. The van der Waals surface area contributed by atoms with E-state index in [4.69, 9.17) is 0 Å². The number of carbonyl (C=O) groups excluding carboxylic acids is 1. The SMILES string of the molecule is Cl.Cn1cc([C@H]2CNC[C@@H]2C(=O)N2CCSCC2c2ccccc2)cn1. The molecule has 2 aromatic rings. The van der Waals surface area contributed by atoms with Gasteiger partial charge in [-0.1, -0.05) is 30.3 Å². The van der Waals surface area contributed by atoms with E-state index in [1.807, 2.05) is 42.0 Å². The predicted octanol–water partition coefficient (Wildman–Crippen LogP) is 2.46. The van der Waals surface area contributed by atoms with Crippen molar-refractivity contribution in [1.82, 2.24) is 20.0 Å². The van der Waals surface area contributed by atoms with E-state index in [1.54, 1.807) is 0 Å². The number of carbonyl (C=O) groups is 1. The Bertz CT molecular complexity index is 738. The van der Waals surface area contributed by atoms with E-state index in [2.05, 4.69) is 39.6 Å². The van der Waals surface area contributed by atoms with Crippen molar-refractivity contribution in [3.63, 3.8) is 0 Å². The summed E-state index contributed by atoms with van der Waals surface area (Å²) in [6.45, 7) is 2.43. The summed E-state index contributed by atoms with van der Waals surface area (Å²) >= 11 is 1.94. The fourth-order valence-corrected chi connectivity index (χ4v) is 5.04. The van der Waals surface area contributed by atoms with Gasteiger partial charge < -0.3 is 10.2 Å². The first-order valence-electron chi connectivity index (χ1n) is 8.86. The Hall–Kier alpha value is -1.50. The molecule has 3 heterocycles. The lowest BCUT2D eigenvalue weighted by atomic mass is 9.89. The lowest BCUT2D eigenvalue weighted by Crippen LogP contribution is -2.45. The minimum Gasteiger partial charge on any atom is -0.334 e. The molecular weight excluding hydrogens is 368 g/mol. The molecule has 1 N–H and O–H groups in total. The number of nitrogens with one attached hydrogen (secondary N) is 1. The molecule has 3 atom stereocenters. The molecule has 5 nitrogen and oxygen atoms in total. The quantitative estimate of drug-likeness (QED) is 0.871. The summed E-state index contributed by atoms with van der Waals surface area (Å²) in [7, 11) is 1.93. The zero-order valence-corrected chi connectivity index (χ0v) is 16.5. The van der Waals surface area contributed by atoms with Crippen molar-refractivity contribution in [3.05, 3.63) is 53.9 Å². The molecule has 1 amide bonds. The predicted molar refractivity (Wildman–Crippen MR) is 108 cm³/mol. The van der Waals surface area contributed by atoms with E-state index in [0.29, 0.717) is 0 Å². The molecule has 2 aliphatic heterocycles. The van der Waals surface area contributed by atoms with E-state index in [9.17, 15) is 4.79 Å². The van der Waals surface area contributed by atoms with E-state index in [1.165, 1.54) is 5.56 Å². The van der Waals surface area contributed by atoms with Crippen molar-refractivity contribution in [3.8, 4) is 0 Å². The highest BCUT2D eigenvalue weighted by atomic mass is 35.5. The molecule has 2 fully saturated rings. The van der Waals surface area contributed by atoms with Gasteiger partial charge in [-0.15, -0.1) is 12.4 Å². The van der Waals surface area contributed by atoms with Crippen molar-refractivity contribution < 1.29 is 4.79 Å². The standard InChI is InChI=1S/C19H24N4OS.ClH/c1-22-12-15(9-21-22)16-10-20-11-17(16)19(24)23-7-8-25-13-18(23)14-5-3-2-4-6-14;/h2-6,9,12,16-18,20H,7-8,10-11,13H2,1H3;1H/t16-,17+,18?;/m1./s1. The Kier molecular flexibility index (Phi) is 6.27. The van der Waals surface area contributed by atoms with Crippen LogP contribution in [0.3, 0.4) is 0 Å². The molecule has 4 rings (SSSR count). The van der Waals surface area contributed by atoms with Gasteiger partial charge in [0.2, 0.25) is 5.91 Å². The third-order valence-corrected chi connectivity index (χ3v) is 6.30. The number of halogens is 1. The summed E-state index contributed by atoms with van der Waals surface area (Å²) in [5.41, 5.74) is 2.40. The molecule has 0 spiro atoms. The first-order chi connectivity index (χ1) is 12.2. The number of thioether (sulfide) groups is 1. The maximum absolute atomic E-state index is 13.4. The van der Waals surface area contributed by atoms with Crippen LogP contribution < -0.4 is 5.32 Å². The molecule has 0 bridgehead atoms. The van der Waals surface area contributed by atoms with Gasteiger partial charge >= 0.3 is 0 Å². The van der Waals surface area contributed by atoms with E-state index in [0.717, 1.165) is 36.7 Å². The Morgan fingerprint density at radius 2 is 2.04 bits per heavy atom. The lowest BCUT2D eigenvalue weighted by Gasteiger charge is -2.38. The average Bonchev–Trinajstić information content (AvgIpc) is 3.30. The smallest absolute Gasteiger partial charge is 0.228 e. The van der Waals surface area contributed by atoms with Crippen LogP contribution in [0.1, 0.15) is 23.1 Å². The highest BCUT2D eigenvalue weighted by Gasteiger charge is 2.40. The van der Waals surface area contributed by atoms with E-state index < -0.39 is 0 Å². The zero-order chi connectivity index (χ0) is 17.2. The topological polar surface area (TPSA) is 50.2 Å². The lowest BCUT2D eigenvalue weighted by molar-refractivity contribution is -0.137.